The number of hydrogen-bond donors (Lipinski definition) is 3. The van der Waals surface area contributed by atoms with Crippen LogP contribution in [0.4, 0.5) is 0 Å². The van der Waals surface area contributed by atoms with E-state index in [1.54, 1.807) is 35.8 Å². The molecule has 0 amide bonds. The fourth-order valence-corrected chi connectivity index (χ4v) is 3.99. The minimum Gasteiger partial charge on any atom is -0.507 e. The van der Waals surface area contributed by atoms with Crippen molar-refractivity contribution in [2.75, 3.05) is 0 Å². The molecule has 0 spiro atoms. The summed E-state index contributed by atoms with van der Waals surface area (Å²) in [6, 6.07) is 8.58. The van der Waals surface area contributed by atoms with Gasteiger partial charge in [0.15, 0.2) is 5.60 Å². The number of pyridine rings is 2. The highest BCUT2D eigenvalue weighted by Crippen LogP contribution is 2.39. The van der Waals surface area contributed by atoms with E-state index in [-0.39, 0.29) is 24.3 Å². The van der Waals surface area contributed by atoms with Crippen molar-refractivity contribution in [3.63, 3.8) is 0 Å². The van der Waals surface area contributed by atoms with Crippen molar-refractivity contribution in [2.24, 2.45) is 0 Å². The first-order valence-corrected chi connectivity index (χ1v) is 9.65. The number of cyclic esters (lactones) is 1. The Morgan fingerprint density at radius 1 is 1.29 bits per heavy atom. The van der Waals surface area contributed by atoms with Gasteiger partial charge in [0, 0.05) is 23.4 Å². The molecule has 1 aromatic carbocycles. The zero-order valence-electron chi connectivity index (χ0n) is 16.9. The van der Waals surface area contributed by atoms with Gasteiger partial charge < -0.3 is 24.6 Å². The Hall–Kier alpha value is -3.72. The highest BCUT2D eigenvalue weighted by atomic mass is 16.6. The number of phenols is 1. The van der Waals surface area contributed by atoms with Gasteiger partial charge in [0.1, 0.15) is 12.4 Å². The molecule has 160 valence electrons. The largest absolute Gasteiger partial charge is 0.507 e. The van der Waals surface area contributed by atoms with Crippen LogP contribution in [0.3, 0.4) is 0 Å². The minimum atomic E-state index is -1.83. The number of carbonyl (C=O) groups is 2. The van der Waals surface area contributed by atoms with Gasteiger partial charge in [0.25, 0.3) is 11.5 Å². The molecular formula is C22H20N2O7. The molecule has 0 saturated carbocycles. The first-order chi connectivity index (χ1) is 14.7. The second-order valence-electron chi connectivity index (χ2n) is 7.46. The van der Waals surface area contributed by atoms with Crippen molar-refractivity contribution in [1.29, 1.82) is 0 Å². The van der Waals surface area contributed by atoms with Crippen molar-refractivity contribution in [2.45, 2.75) is 39.0 Å². The van der Waals surface area contributed by atoms with Gasteiger partial charge in [-0.2, -0.15) is 0 Å². The number of aliphatic carboxylic acids is 1. The van der Waals surface area contributed by atoms with Crippen LogP contribution in [0.15, 0.2) is 35.1 Å². The van der Waals surface area contributed by atoms with E-state index in [0.717, 1.165) is 12.5 Å². The molecule has 31 heavy (non-hydrogen) atoms. The number of carboxylic acids is 1. The van der Waals surface area contributed by atoms with E-state index in [1.165, 1.54) is 0 Å². The fraction of sp³-hybridized carbons (Fsp3) is 0.273. The number of benzene rings is 1. The third-order valence-electron chi connectivity index (χ3n) is 5.53. The number of esters is 1. The smallest absolute Gasteiger partial charge is 0.343 e. The van der Waals surface area contributed by atoms with Gasteiger partial charge in [-0.25, -0.2) is 9.78 Å². The van der Waals surface area contributed by atoms with E-state index in [2.05, 4.69) is 4.98 Å². The molecule has 4 heterocycles. The summed E-state index contributed by atoms with van der Waals surface area (Å²) < 4.78 is 6.63. The minimum absolute atomic E-state index is 0.105. The van der Waals surface area contributed by atoms with Crippen molar-refractivity contribution >= 4 is 22.8 Å². The van der Waals surface area contributed by atoms with E-state index >= 15 is 0 Å². The maximum absolute atomic E-state index is 13.0. The Balaban J connectivity index is 0.000000535. The maximum atomic E-state index is 13.0. The first-order valence-electron chi connectivity index (χ1n) is 9.65. The lowest BCUT2D eigenvalue weighted by Crippen LogP contribution is -2.44. The Morgan fingerprint density at radius 3 is 2.68 bits per heavy atom. The summed E-state index contributed by atoms with van der Waals surface area (Å²) >= 11 is 0. The Morgan fingerprint density at radius 2 is 2.00 bits per heavy atom. The molecule has 3 aromatic rings. The predicted octanol–water partition coefficient (Wildman–Crippen LogP) is 1.88. The number of fused-ring (bicyclic) bond motifs is 5. The lowest BCUT2D eigenvalue weighted by Gasteiger charge is -2.31. The van der Waals surface area contributed by atoms with Crippen LogP contribution in [0.5, 0.6) is 5.75 Å². The second kappa shape index (κ2) is 7.21. The van der Waals surface area contributed by atoms with E-state index in [4.69, 9.17) is 14.6 Å². The number of aromatic hydroxyl groups is 1. The third kappa shape index (κ3) is 3.14. The molecule has 0 bridgehead atoms. The topological polar surface area (TPSA) is 139 Å². The van der Waals surface area contributed by atoms with E-state index in [0.29, 0.717) is 40.0 Å². The molecule has 2 aliphatic rings. The number of carbonyl (C=O) groups excluding carboxylic acids is 1. The highest BCUT2D eigenvalue weighted by Gasteiger charge is 2.45. The van der Waals surface area contributed by atoms with E-state index in [9.17, 15) is 19.8 Å². The van der Waals surface area contributed by atoms with Gasteiger partial charge in [0.2, 0.25) is 0 Å². The Labute approximate surface area is 176 Å². The maximum Gasteiger partial charge on any atom is 0.343 e. The van der Waals surface area contributed by atoms with Gasteiger partial charge in [-0.05, 0) is 30.7 Å². The second-order valence-corrected chi connectivity index (χ2v) is 7.46. The number of hydrogen-bond acceptors (Lipinski definition) is 7. The van der Waals surface area contributed by atoms with Crippen molar-refractivity contribution in [3.8, 4) is 17.1 Å². The number of ether oxygens (including phenoxy) is 1. The van der Waals surface area contributed by atoms with Crippen LogP contribution < -0.4 is 5.56 Å². The number of nitrogens with zero attached hydrogens (tertiary/aromatic N) is 2. The molecule has 9 nitrogen and oxygen atoms in total. The Bertz CT molecular complexity index is 1310. The summed E-state index contributed by atoms with van der Waals surface area (Å²) in [7, 11) is 0. The molecule has 0 aliphatic carbocycles. The monoisotopic (exact) mass is 424 g/mol. The first kappa shape index (κ1) is 20.5. The van der Waals surface area contributed by atoms with Gasteiger partial charge in [-0.3, -0.25) is 9.59 Å². The predicted molar refractivity (Wildman–Crippen MR) is 109 cm³/mol. The van der Waals surface area contributed by atoms with Crippen molar-refractivity contribution in [1.82, 2.24) is 9.55 Å². The van der Waals surface area contributed by atoms with Gasteiger partial charge in [0.05, 0.1) is 29.0 Å². The molecule has 0 unspecified atom stereocenters. The van der Waals surface area contributed by atoms with E-state index in [1.807, 2.05) is 6.07 Å². The summed E-state index contributed by atoms with van der Waals surface area (Å²) in [4.78, 5) is 38.8. The number of rotatable bonds is 1. The van der Waals surface area contributed by atoms with Gasteiger partial charge >= 0.3 is 5.97 Å². The molecule has 0 fully saturated rings. The third-order valence-corrected chi connectivity index (χ3v) is 5.53. The van der Waals surface area contributed by atoms with Gasteiger partial charge in [-0.15, -0.1) is 0 Å². The molecule has 0 saturated heterocycles. The SMILES string of the molecule is CC(=O)O.CC[C@@]1(O)C(=O)OCc2c1cc1n(c2=O)Cc2cc3c(O)cccc3nc2-1. The van der Waals surface area contributed by atoms with Crippen LogP contribution >= 0.6 is 0 Å². The van der Waals surface area contributed by atoms with Crippen LogP contribution in [0.25, 0.3) is 22.3 Å². The molecule has 5 rings (SSSR count). The highest BCUT2D eigenvalue weighted by molar-refractivity contribution is 5.89. The summed E-state index contributed by atoms with van der Waals surface area (Å²) in [5.74, 6) is -1.44. The molecular weight excluding hydrogens is 404 g/mol. The summed E-state index contributed by atoms with van der Waals surface area (Å²) in [5, 5.41) is 28.9. The standard InChI is InChI=1S/C20H16N2O5.C2H4O2/c1-2-20(26)13-7-15-17-10(6-11-14(21-17)4-3-5-16(11)23)8-22(15)18(24)12(13)9-27-19(20)25;1-2(3)4/h3-7,23,26H,2,8-9H2,1H3;1H3,(H,3,4)/t20-;/m0./s1. The normalized spacial score (nSPS) is 18.4. The lowest BCUT2D eigenvalue weighted by atomic mass is 9.86. The van der Waals surface area contributed by atoms with E-state index < -0.39 is 17.5 Å². The molecule has 3 N–H and O–H groups in total. The number of aromatic nitrogens is 2. The molecule has 2 aromatic heterocycles. The van der Waals surface area contributed by atoms with Crippen LogP contribution in [0.1, 0.15) is 37.0 Å². The van der Waals surface area contributed by atoms with Crippen LogP contribution in [-0.2, 0) is 33.1 Å². The summed E-state index contributed by atoms with van der Waals surface area (Å²) in [5.41, 5.74) is 1.04. The zero-order chi connectivity index (χ0) is 22.5. The van der Waals surface area contributed by atoms with Crippen molar-refractivity contribution < 1.29 is 29.6 Å². The average Bonchev–Trinajstić information content (AvgIpc) is 3.08. The zero-order valence-corrected chi connectivity index (χ0v) is 16.9. The van der Waals surface area contributed by atoms with Crippen LogP contribution in [0, 0.1) is 0 Å². The molecule has 9 heteroatoms. The van der Waals surface area contributed by atoms with Crippen LogP contribution in [0.2, 0.25) is 0 Å². The van der Waals surface area contributed by atoms with Crippen molar-refractivity contribution in [3.05, 3.63) is 57.4 Å². The number of aliphatic hydroxyl groups is 1. The summed E-state index contributed by atoms with van der Waals surface area (Å²) in [6.45, 7) is 2.92. The number of phenolic OH excluding ortho intramolecular Hbond substituents is 1. The molecule has 2 aliphatic heterocycles. The van der Waals surface area contributed by atoms with Crippen LogP contribution in [-0.4, -0.2) is 36.8 Å². The quantitative estimate of drug-likeness (QED) is 0.394. The fourth-order valence-electron chi connectivity index (χ4n) is 3.99. The Kier molecular flexibility index (Phi) is 4.78. The summed E-state index contributed by atoms with van der Waals surface area (Å²) in [6.07, 6.45) is 0.105. The average molecular weight is 424 g/mol. The molecule has 0 radical (unpaired) electrons. The van der Waals surface area contributed by atoms with Gasteiger partial charge in [-0.1, -0.05) is 13.0 Å². The number of carboxylic acid groups (broad SMARTS) is 1. The lowest BCUT2D eigenvalue weighted by molar-refractivity contribution is -0.172. The molecule has 1 atom stereocenters.